The van der Waals surface area contributed by atoms with Crippen LogP contribution in [0.5, 0.6) is 0 Å². The number of anilines is 1. The second-order valence-corrected chi connectivity index (χ2v) is 6.62. The summed E-state index contributed by atoms with van der Waals surface area (Å²) in [6.07, 6.45) is 3.95. The zero-order valence-electron chi connectivity index (χ0n) is 14.1. The maximum Gasteiger partial charge on any atom is 0.239 e. The lowest BCUT2D eigenvalue weighted by Crippen LogP contribution is -2.52. The first-order valence-corrected chi connectivity index (χ1v) is 8.25. The van der Waals surface area contributed by atoms with Gasteiger partial charge in [-0.05, 0) is 51.7 Å². The van der Waals surface area contributed by atoms with Crippen LogP contribution in [0.1, 0.15) is 46.5 Å². The Morgan fingerprint density at radius 1 is 1.30 bits per heavy atom. The molecule has 2 rings (SSSR count). The summed E-state index contributed by atoms with van der Waals surface area (Å²) in [5, 5.41) is 2.54. The Labute approximate surface area is 137 Å². The van der Waals surface area contributed by atoms with Gasteiger partial charge >= 0.3 is 0 Å². The average Bonchev–Trinajstić information content (AvgIpc) is 2.56. The van der Waals surface area contributed by atoms with Crippen molar-refractivity contribution in [1.82, 2.24) is 4.90 Å². The third-order valence-electron chi connectivity index (χ3n) is 4.58. The highest BCUT2D eigenvalue weighted by atomic mass is 19.1. The van der Waals surface area contributed by atoms with Gasteiger partial charge in [0, 0.05) is 12.6 Å². The summed E-state index contributed by atoms with van der Waals surface area (Å²) in [6, 6.07) is 6.16. The number of carbonyl (C=O) groups is 2. The fraction of sp³-hybridized carbons (Fsp3) is 0.556. The molecule has 0 bridgehead atoms. The largest absolute Gasteiger partial charge is 0.339 e. The van der Waals surface area contributed by atoms with Gasteiger partial charge in [-0.1, -0.05) is 19.1 Å². The highest BCUT2D eigenvalue weighted by Crippen LogP contribution is 2.28. The number of amides is 2. The monoisotopic (exact) mass is 320 g/mol. The van der Waals surface area contributed by atoms with E-state index >= 15 is 0 Å². The molecule has 0 radical (unpaired) electrons. The molecule has 1 heterocycles. The van der Waals surface area contributed by atoms with Gasteiger partial charge in [0.1, 0.15) is 11.2 Å². The van der Waals surface area contributed by atoms with Crippen molar-refractivity contribution in [3.8, 4) is 0 Å². The first-order valence-electron chi connectivity index (χ1n) is 8.25. The molecule has 0 aliphatic carbocycles. The summed E-state index contributed by atoms with van der Waals surface area (Å²) in [5.41, 5.74) is -1.13. The van der Waals surface area contributed by atoms with Crippen molar-refractivity contribution in [2.24, 2.45) is 5.41 Å². The maximum absolute atomic E-state index is 13.7. The van der Waals surface area contributed by atoms with Crippen molar-refractivity contribution in [3.63, 3.8) is 0 Å². The summed E-state index contributed by atoms with van der Waals surface area (Å²) < 4.78 is 13.7. The van der Waals surface area contributed by atoms with E-state index in [4.69, 9.17) is 0 Å². The number of nitrogens with zero attached hydrogens (tertiary/aromatic N) is 1. The van der Waals surface area contributed by atoms with Gasteiger partial charge in [0.25, 0.3) is 0 Å². The number of hydrogen-bond donors (Lipinski definition) is 1. The van der Waals surface area contributed by atoms with E-state index in [-0.39, 0.29) is 17.6 Å². The molecule has 0 aromatic heterocycles. The van der Waals surface area contributed by atoms with Crippen molar-refractivity contribution in [2.45, 2.75) is 52.5 Å². The van der Waals surface area contributed by atoms with Gasteiger partial charge in [-0.3, -0.25) is 9.59 Å². The lowest BCUT2D eigenvalue weighted by atomic mass is 9.87. The van der Waals surface area contributed by atoms with Crippen LogP contribution in [0.25, 0.3) is 0 Å². The summed E-state index contributed by atoms with van der Waals surface area (Å²) >= 11 is 0. The van der Waals surface area contributed by atoms with E-state index in [0.29, 0.717) is 6.54 Å². The van der Waals surface area contributed by atoms with Crippen LogP contribution in [0.15, 0.2) is 24.3 Å². The van der Waals surface area contributed by atoms with E-state index in [1.807, 2.05) is 4.90 Å². The number of piperidine rings is 1. The number of para-hydroxylation sites is 1. The molecular weight excluding hydrogens is 295 g/mol. The fourth-order valence-electron chi connectivity index (χ4n) is 2.99. The molecule has 1 fully saturated rings. The van der Waals surface area contributed by atoms with Crippen molar-refractivity contribution < 1.29 is 14.0 Å². The molecule has 1 unspecified atom stereocenters. The van der Waals surface area contributed by atoms with E-state index in [1.165, 1.54) is 12.1 Å². The number of hydrogen-bond acceptors (Lipinski definition) is 2. The molecule has 126 valence electrons. The maximum atomic E-state index is 13.7. The third-order valence-corrected chi connectivity index (χ3v) is 4.58. The van der Waals surface area contributed by atoms with Gasteiger partial charge in [-0.2, -0.15) is 0 Å². The Bertz CT molecular complexity index is 586. The molecule has 0 spiro atoms. The molecule has 4 nitrogen and oxygen atoms in total. The normalized spacial score (nSPS) is 18.6. The van der Waals surface area contributed by atoms with Gasteiger partial charge in [-0.15, -0.1) is 0 Å². The molecule has 1 aromatic rings. The van der Waals surface area contributed by atoms with Crippen LogP contribution >= 0.6 is 0 Å². The van der Waals surface area contributed by atoms with E-state index in [0.717, 1.165) is 25.7 Å². The van der Waals surface area contributed by atoms with Gasteiger partial charge in [0.05, 0.1) is 5.69 Å². The van der Waals surface area contributed by atoms with Crippen LogP contribution in [0, 0.1) is 11.2 Å². The summed E-state index contributed by atoms with van der Waals surface area (Å²) in [7, 11) is 0. The predicted octanol–water partition coefficient (Wildman–Crippen LogP) is 3.58. The summed E-state index contributed by atoms with van der Waals surface area (Å²) in [6.45, 7) is 5.95. The average molecular weight is 320 g/mol. The van der Waals surface area contributed by atoms with Crippen LogP contribution in [-0.2, 0) is 9.59 Å². The smallest absolute Gasteiger partial charge is 0.239 e. The Hall–Kier alpha value is -1.91. The Morgan fingerprint density at radius 3 is 2.65 bits per heavy atom. The molecule has 2 amide bonds. The highest BCUT2D eigenvalue weighted by molar-refractivity contribution is 6.10. The first-order chi connectivity index (χ1) is 10.9. The fourth-order valence-corrected chi connectivity index (χ4v) is 2.99. The Morgan fingerprint density at radius 2 is 2.00 bits per heavy atom. The van der Waals surface area contributed by atoms with E-state index in [1.54, 1.807) is 26.0 Å². The zero-order chi connectivity index (χ0) is 17.0. The van der Waals surface area contributed by atoms with Crippen LogP contribution < -0.4 is 5.32 Å². The first kappa shape index (κ1) is 17.4. The molecule has 0 saturated carbocycles. The van der Waals surface area contributed by atoms with Gasteiger partial charge in [0.2, 0.25) is 11.8 Å². The van der Waals surface area contributed by atoms with Crippen molar-refractivity contribution in [1.29, 1.82) is 0 Å². The van der Waals surface area contributed by atoms with Gasteiger partial charge in [0.15, 0.2) is 0 Å². The third kappa shape index (κ3) is 3.71. The minimum atomic E-state index is -1.23. The van der Waals surface area contributed by atoms with Crippen LogP contribution in [-0.4, -0.2) is 29.3 Å². The van der Waals surface area contributed by atoms with Crippen molar-refractivity contribution in [3.05, 3.63) is 30.1 Å². The standard InChI is InChI=1S/C18H25FN2O2/c1-4-13-9-7-8-12-21(13)17(23)18(2,3)16(22)20-15-11-6-5-10-14(15)19/h5-6,10-11,13H,4,7-9,12H2,1-3H3,(H,20,22). The second-order valence-electron chi connectivity index (χ2n) is 6.62. The lowest BCUT2D eigenvalue weighted by molar-refractivity contribution is -0.149. The minimum absolute atomic E-state index is 0.101. The van der Waals surface area contributed by atoms with Crippen molar-refractivity contribution >= 4 is 17.5 Å². The number of likely N-dealkylation sites (tertiary alicyclic amines) is 1. The predicted molar refractivity (Wildman–Crippen MR) is 88.5 cm³/mol. The Balaban J connectivity index is 2.14. The topological polar surface area (TPSA) is 49.4 Å². The summed E-state index contributed by atoms with van der Waals surface area (Å²) in [5.74, 6) is -1.17. The number of rotatable bonds is 4. The number of benzene rings is 1. The quantitative estimate of drug-likeness (QED) is 0.862. The molecule has 1 aromatic carbocycles. The van der Waals surface area contributed by atoms with Crippen LogP contribution in [0.2, 0.25) is 0 Å². The van der Waals surface area contributed by atoms with Crippen LogP contribution in [0.4, 0.5) is 10.1 Å². The SMILES string of the molecule is CCC1CCCCN1C(=O)C(C)(C)C(=O)Nc1ccccc1F. The lowest BCUT2D eigenvalue weighted by Gasteiger charge is -2.39. The van der Waals surface area contributed by atoms with Gasteiger partial charge < -0.3 is 10.2 Å². The molecule has 1 atom stereocenters. The highest BCUT2D eigenvalue weighted by Gasteiger charge is 2.41. The zero-order valence-corrected chi connectivity index (χ0v) is 14.1. The van der Waals surface area contributed by atoms with Crippen LogP contribution in [0.3, 0.4) is 0 Å². The van der Waals surface area contributed by atoms with E-state index in [2.05, 4.69) is 12.2 Å². The summed E-state index contributed by atoms with van der Waals surface area (Å²) in [4.78, 5) is 27.2. The van der Waals surface area contributed by atoms with E-state index < -0.39 is 17.1 Å². The number of halogens is 1. The second kappa shape index (κ2) is 7.11. The number of nitrogens with one attached hydrogen (secondary N) is 1. The molecule has 1 N–H and O–H groups in total. The van der Waals surface area contributed by atoms with Gasteiger partial charge in [-0.25, -0.2) is 4.39 Å². The molecule has 5 heteroatoms. The molecule has 1 saturated heterocycles. The van der Waals surface area contributed by atoms with Crippen molar-refractivity contribution in [2.75, 3.05) is 11.9 Å². The molecule has 1 aliphatic heterocycles. The molecular formula is C18H25FN2O2. The minimum Gasteiger partial charge on any atom is -0.339 e. The van der Waals surface area contributed by atoms with E-state index in [9.17, 15) is 14.0 Å². The molecule has 23 heavy (non-hydrogen) atoms. The number of carbonyl (C=O) groups excluding carboxylic acids is 2. The Kier molecular flexibility index (Phi) is 5.39. The molecule has 1 aliphatic rings.